The summed E-state index contributed by atoms with van der Waals surface area (Å²) in [7, 11) is 0. The van der Waals surface area contributed by atoms with Crippen LogP contribution in [0.4, 0.5) is 11.6 Å². The van der Waals surface area contributed by atoms with Crippen LogP contribution in [0.25, 0.3) is 5.82 Å². The third-order valence-electron chi connectivity index (χ3n) is 3.71. The molecule has 0 aliphatic rings. The summed E-state index contributed by atoms with van der Waals surface area (Å²) in [4.78, 5) is 13.1. The summed E-state index contributed by atoms with van der Waals surface area (Å²) >= 11 is 0. The van der Waals surface area contributed by atoms with E-state index in [1.807, 2.05) is 77.5 Å². The van der Waals surface area contributed by atoms with Gasteiger partial charge in [0.2, 0.25) is 5.88 Å². The van der Waals surface area contributed by atoms with Crippen LogP contribution < -0.4 is 10.1 Å². The number of aromatic nitrogens is 4. The lowest BCUT2D eigenvalue weighted by Gasteiger charge is -2.07. The Balaban J connectivity index is 1.43. The molecule has 3 aromatic heterocycles. The topological polar surface area (TPSA) is 64.9 Å². The number of benzene rings is 1. The van der Waals surface area contributed by atoms with E-state index in [0.29, 0.717) is 24.1 Å². The highest BCUT2D eigenvalue weighted by atomic mass is 16.5. The van der Waals surface area contributed by atoms with E-state index >= 15 is 0 Å². The molecule has 1 aromatic carbocycles. The fourth-order valence-corrected chi connectivity index (χ4v) is 2.45. The van der Waals surface area contributed by atoms with Crippen molar-refractivity contribution >= 4 is 11.6 Å². The number of pyridine rings is 2. The maximum Gasteiger partial charge on any atom is 0.215 e. The molecule has 6 nitrogen and oxygen atoms in total. The van der Waals surface area contributed by atoms with Crippen LogP contribution in [0.2, 0.25) is 0 Å². The van der Waals surface area contributed by atoms with Crippen LogP contribution in [0.5, 0.6) is 5.88 Å². The molecule has 0 saturated heterocycles. The quantitative estimate of drug-likeness (QED) is 0.573. The molecule has 6 heteroatoms. The highest BCUT2D eigenvalue weighted by molar-refractivity contribution is 5.52. The molecule has 0 aliphatic heterocycles. The second kappa shape index (κ2) is 7.48. The zero-order valence-corrected chi connectivity index (χ0v) is 14.0. The average molecular weight is 343 g/mol. The minimum Gasteiger partial charge on any atom is -0.473 e. The van der Waals surface area contributed by atoms with Gasteiger partial charge in [-0.1, -0.05) is 42.5 Å². The summed E-state index contributed by atoms with van der Waals surface area (Å²) in [6.07, 6.45) is 5.32. The van der Waals surface area contributed by atoms with Crippen molar-refractivity contribution in [1.29, 1.82) is 0 Å². The first-order valence-corrected chi connectivity index (χ1v) is 8.23. The molecular weight excluding hydrogens is 326 g/mol. The van der Waals surface area contributed by atoms with Crippen molar-refractivity contribution in [2.75, 3.05) is 5.32 Å². The highest BCUT2D eigenvalue weighted by Crippen LogP contribution is 2.18. The van der Waals surface area contributed by atoms with Crippen molar-refractivity contribution in [1.82, 2.24) is 19.5 Å². The van der Waals surface area contributed by atoms with Crippen LogP contribution >= 0.6 is 0 Å². The molecule has 0 fully saturated rings. The van der Waals surface area contributed by atoms with Gasteiger partial charge in [-0.2, -0.15) is 4.98 Å². The molecule has 0 unspecified atom stereocenters. The van der Waals surface area contributed by atoms with E-state index in [4.69, 9.17) is 4.74 Å². The summed E-state index contributed by atoms with van der Waals surface area (Å²) in [5.74, 6) is 2.72. The Hall–Kier alpha value is -3.67. The van der Waals surface area contributed by atoms with Gasteiger partial charge >= 0.3 is 0 Å². The van der Waals surface area contributed by atoms with Gasteiger partial charge in [0.05, 0.1) is 6.20 Å². The number of nitrogens with zero attached hydrogens (tertiary/aromatic N) is 4. The predicted octanol–water partition coefficient (Wildman–Crippen LogP) is 3.98. The van der Waals surface area contributed by atoms with Crippen molar-refractivity contribution < 1.29 is 4.74 Å². The molecule has 4 rings (SSSR count). The lowest BCUT2D eigenvalue weighted by molar-refractivity contribution is 0.294. The molecule has 26 heavy (non-hydrogen) atoms. The maximum absolute atomic E-state index is 5.76. The fraction of sp³-hybridized carbons (Fsp3) is 0.0500. The van der Waals surface area contributed by atoms with Crippen LogP contribution in [0, 0.1) is 0 Å². The number of anilines is 2. The Morgan fingerprint density at radius 1 is 0.846 bits per heavy atom. The van der Waals surface area contributed by atoms with E-state index in [1.165, 1.54) is 0 Å². The monoisotopic (exact) mass is 343 g/mol. The first kappa shape index (κ1) is 15.8. The summed E-state index contributed by atoms with van der Waals surface area (Å²) in [6, 6.07) is 21.3. The molecule has 0 aliphatic carbocycles. The van der Waals surface area contributed by atoms with E-state index < -0.39 is 0 Å². The number of hydrogen-bond acceptors (Lipinski definition) is 5. The van der Waals surface area contributed by atoms with E-state index in [-0.39, 0.29) is 0 Å². The molecule has 0 atom stereocenters. The van der Waals surface area contributed by atoms with Gasteiger partial charge in [-0.15, -0.1) is 0 Å². The van der Waals surface area contributed by atoms with E-state index in [2.05, 4.69) is 20.3 Å². The maximum atomic E-state index is 5.76. The van der Waals surface area contributed by atoms with Gasteiger partial charge < -0.3 is 10.1 Å². The van der Waals surface area contributed by atoms with Crippen molar-refractivity contribution in [3.63, 3.8) is 0 Å². The van der Waals surface area contributed by atoms with Crippen LogP contribution in [0.3, 0.4) is 0 Å². The molecule has 1 N–H and O–H groups in total. The SMILES string of the molecule is c1ccc(COc2cccc(Nc3cn(-c4ccccn4)cn3)n2)cc1. The molecular formula is C20H17N5O. The van der Waals surface area contributed by atoms with Gasteiger partial charge in [-0.25, -0.2) is 9.97 Å². The minimum absolute atomic E-state index is 0.478. The Labute approximate surface area is 151 Å². The number of hydrogen-bond donors (Lipinski definition) is 1. The third kappa shape index (κ3) is 3.87. The molecule has 4 aromatic rings. The molecule has 3 heterocycles. The smallest absolute Gasteiger partial charge is 0.215 e. The zero-order valence-electron chi connectivity index (χ0n) is 14.0. The van der Waals surface area contributed by atoms with Crippen molar-refractivity contribution in [2.45, 2.75) is 6.61 Å². The molecule has 0 saturated carbocycles. The highest BCUT2D eigenvalue weighted by Gasteiger charge is 2.04. The van der Waals surface area contributed by atoms with Gasteiger partial charge in [-0.3, -0.25) is 4.57 Å². The Kier molecular flexibility index (Phi) is 4.56. The van der Waals surface area contributed by atoms with E-state index in [9.17, 15) is 0 Å². The fourth-order valence-electron chi connectivity index (χ4n) is 2.45. The second-order valence-electron chi connectivity index (χ2n) is 5.61. The van der Waals surface area contributed by atoms with Crippen LogP contribution in [-0.2, 0) is 6.61 Å². The summed E-state index contributed by atoms with van der Waals surface area (Å²) in [5, 5.41) is 3.18. The first-order valence-electron chi connectivity index (χ1n) is 8.23. The Bertz CT molecular complexity index is 970. The standard InChI is InChI=1S/C20H17N5O/c1-2-7-16(8-3-1)14-26-20-11-6-9-17(24-20)23-18-13-25(15-22-18)19-10-4-5-12-21-19/h1-13,15H,14H2,(H,23,24). The molecule has 0 amide bonds. The normalized spacial score (nSPS) is 10.5. The summed E-state index contributed by atoms with van der Waals surface area (Å²) < 4.78 is 7.60. The van der Waals surface area contributed by atoms with Crippen molar-refractivity contribution in [3.8, 4) is 11.7 Å². The number of ether oxygens (including phenoxy) is 1. The van der Waals surface area contributed by atoms with Gasteiger partial charge in [-0.05, 0) is 23.8 Å². The number of rotatable bonds is 6. The lowest BCUT2D eigenvalue weighted by Crippen LogP contribution is -1.99. The van der Waals surface area contributed by atoms with Gasteiger partial charge in [0.25, 0.3) is 0 Å². The molecule has 0 spiro atoms. The Morgan fingerprint density at radius 2 is 1.73 bits per heavy atom. The molecule has 0 radical (unpaired) electrons. The molecule has 128 valence electrons. The van der Waals surface area contributed by atoms with Crippen LogP contribution in [0.15, 0.2) is 85.5 Å². The van der Waals surface area contributed by atoms with Gasteiger partial charge in [0.15, 0.2) is 0 Å². The van der Waals surface area contributed by atoms with Crippen LogP contribution in [0.1, 0.15) is 5.56 Å². The summed E-state index contributed by atoms with van der Waals surface area (Å²) in [6.45, 7) is 0.478. The summed E-state index contributed by atoms with van der Waals surface area (Å²) in [5.41, 5.74) is 1.10. The lowest BCUT2D eigenvalue weighted by atomic mass is 10.2. The van der Waals surface area contributed by atoms with Crippen molar-refractivity contribution in [3.05, 3.63) is 91.0 Å². The number of nitrogens with one attached hydrogen (secondary N) is 1. The molecule has 0 bridgehead atoms. The minimum atomic E-state index is 0.478. The zero-order chi connectivity index (χ0) is 17.6. The van der Waals surface area contributed by atoms with Crippen LogP contribution in [-0.4, -0.2) is 19.5 Å². The van der Waals surface area contributed by atoms with E-state index in [0.717, 1.165) is 11.4 Å². The Morgan fingerprint density at radius 3 is 2.58 bits per heavy atom. The number of imidazole rings is 1. The van der Waals surface area contributed by atoms with Gasteiger partial charge in [0.1, 0.15) is 30.4 Å². The second-order valence-corrected chi connectivity index (χ2v) is 5.61. The average Bonchev–Trinajstić information content (AvgIpc) is 3.17. The predicted molar refractivity (Wildman–Crippen MR) is 99.7 cm³/mol. The van der Waals surface area contributed by atoms with E-state index in [1.54, 1.807) is 12.5 Å². The first-order chi connectivity index (χ1) is 12.9. The largest absolute Gasteiger partial charge is 0.473 e. The van der Waals surface area contributed by atoms with Gasteiger partial charge in [0, 0.05) is 12.3 Å². The third-order valence-corrected chi connectivity index (χ3v) is 3.71. The van der Waals surface area contributed by atoms with Crippen molar-refractivity contribution in [2.24, 2.45) is 0 Å².